The van der Waals surface area contributed by atoms with Crippen LogP contribution in [0.4, 0.5) is 0 Å². The minimum absolute atomic E-state index is 0.0950. The summed E-state index contributed by atoms with van der Waals surface area (Å²) >= 11 is 0. The zero-order chi connectivity index (χ0) is 13.7. The highest BCUT2D eigenvalue weighted by atomic mass is 16.3. The molecule has 0 aliphatic heterocycles. The van der Waals surface area contributed by atoms with Crippen molar-refractivity contribution in [2.45, 2.75) is 83.8 Å². The molecule has 2 nitrogen and oxygen atoms in total. The van der Waals surface area contributed by atoms with E-state index in [0.29, 0.717) is 5.92 Å². The zero-order valence-electron chi connectivity index (χ0n) is 13.0. The number of rotatable bonds is 7. The lowest BCUT2D eigenvalue weighted by Crippen LogP contribution is -2.41. The first-order valence-electron chi connectivity index (χ1n) is 8.57. The lowest BCUT2D eigenvalue weighted by atomic mass is 9.99. The van der Waals surface area contributed by atoms with E-state index in [4.69, 9.17) is 0 Å². The average Bonchev–Trinajstić information content (AvgIpc) is 2.99. The van der Waals surface area contributed by atoms with Crippen molar-refractivity contribution >= 4 is 0 Å². The van der Waals surface area contributed by atoms with Crippen LogP contribution in [0.2, 0.25) is 0 Å². The summed E-state index contributed by atoms with van der Waals surface area (Å²) in [6.45, 7) is 6.67. The molecule has 0 radical (unpaired) electrons. The van der Waals surface area contributed by atoms with Gasteiger partial charge in [-0.15, -0.1) is 0 Å². The molecule has 0 bridgehead atoms. The van der Waals surface area contributed by atoms with Gasteiger partial charge in [0.15, 0.2) is 0 Å². The Morgan fingerprint density at radius 1 is 0.947 bits per heavy atom. The van der Waals surface area contributed by atoms with Crippen molar-refractivity contribution < 1.29 is 5.11 Å². The Balaban J connectivity index is 1.79. The Kier molecular flexibility index (Phi) is 6.15. The molecule has 2 fully saturated rings. The van der Waals surface area contributed by atoms with Gasteiger partial charge < -0.3 is 5.11 Å². The van der Waals surface area contributed by atoms with Gasteiger partial charge in [-0.1, -0.05) is 52.4 Å². The molecule has 0 saturated heterocycles. The Hall–Kier alpha value is -0.0800. The van der Waals surface area contributed by atoms with Crippen molar-refractivity contribution in [3.8, 4) is 0 Å². The Labute approximate surface area is 119 Å². The Morgan fingerprint density at radius 2 is 1.53 bits per heavy atom. The Morgan fingerprint density at radius 3 is 2.11 bits per heavy atom. The predicted octanol–water partition coefficient (Wildman–Crippen LogP) is 3.83. The fourth-order valence-corrected chi connectivity index (χ4v) is 4.09. The molecule has 0 aromatic carbocycles. The second-order valence-corrected chi connectivity index (χ2v) is 7.33. The summed E-state index contributed by atoms with van der Waals surface area (Å²) in [5.41, 5.74) is 0. The summed E-state index contributed by atoms with van der Waals surface area (Å²) < 4.78 is 0. The van der Waals surface area contributed by atoms with E-state index in [1.54, 1.807) is 0 Å². The number of hydrogen-bond acceptors (Lipinski definition) is 2. The van der Waals surface area contributed by atoms with E-state index in [2.05, 4.69) is 18.7 Å². The highest BCUT2D eigenvalue weighted by molar-refractivity contribution is 4.81. The van der Waals surface area contributed by atoms with E-state index in [1.807, 2.05) is 0 Å². The number of nitrogens with zero attached hydrogens (tertiary/aromatic N) is 1. The highest BCUT2D eigenvalue weighted by Gasteiger charge is 2.26. The van der Waals surface area contributed by atoms with Crippen molar-refractivity contribution in [1.29, 1.82) is 0 Å². The molecule has 19 heavy (non-hydrogen) atoms. The summed E-state index contributed by atoms with van der Waals surface area (Å²) in [5.74, 6) is 1.51. The van der Waals surface area contributed by atoms with E-state index < -0.39 is 0 Å². The van der Waals surface area contributed by atoms with E-state index in [1.165, 1.54) is 51.4 Å². The second-order valence-electron chi connectivity index (χ2n) is 7.33. The smallest absolute Gasteiger partial charge is 0.0669 e. The molecular weight excluding hydrogens is 234 g/mol. The first-order chi connectivity index (χ1) is 9.15. The molecule has 0 amide bonds. The van der Waals surface area contributed by atoms with Gasteiger partial charge in [-0.2, -0.15) is 0 Å². The molecule has 1 unspecified atom stereocenters. The van der Waals surface area contributed by atoms with Gasteiger partial charge in [-0.25, -0.2) is 0 Å². The van der Waals surface area contributed by atoms with Crippen LogP contribution in [0.25, 0.3) is 0 Å². The van der Waals surface area contributed by atoms with E-state index >= 15 is 0 Å². The van der Waals surface area contributed by atoms with Gasteiger partial charge in [-0.05, 0) is 31.1 Å². The van der Waals surface area contributed by atoms with Crippen LogP contribution >= 0.6 is 0 Å². The maximum absolute atomic E-state index is 10.4. The van der Waals surface area contributed by atoms with Gasteiger partial charge in [-0.3, -0.25) is 4.90 Å². The number of hydrogen-bond donors (Lipinski definition) is 1. The van der Waals surface area contributed by atoms with Gasteiger partial charge in [0.2, 0.25) is 0 Å². The quantitative estimate of drug-likeness (QED) is 0.758. The fraction of sp³-hybridized carbons (Fsp3) is 1.00. The predicted molar refractivity (Wildman–Crippen MR) is 81.2 cm³/mol. The second kappa shape index (κ2) is 7.64. The van der Waals surface area contributed by atoms with Crippen LogP contribution in [0.3, 0.4) is 0 Å². The monoisotopic (exact) mass is 267 g/mol. The maximum Gasteiger partial charge on any atom is 0.0669 e. The molecular formula is C17H33NO. The van der Waals surface area contributed by atoms with Crippen LogP contribution in [0.15, 0.2) is 0 Å². The summed E-state index contributed by atoms with van der Waals surface area (Å²) in [7, 11) is 0. The molecule has 0 heterocycles. The topological polar surface area (TPSA) is 23.5 Å². The van der Waals surface area contributed by atoms with Gasteiger partial charge in [0.25, 0.3) is 0 Å². The molecule has 2 heteroatoms. The highest BCUT2D eigenvalue weighted by Crippen LogP contribution is 2.30. The van der Waals surface area contributed by atoms with E-state index in [9.17, 15) is 5.11 Å². The van der Waals surface area contributed by atoms with Crippen molar-refractivity contribution in [3.63, 3.8) is 0 Å². The first kappa shape index (κ1) is 15.3. The zero-order valence-corrected chi connectivity index (χ0v) is 13.0. The van der Waals surface area contributed by atoms with E-state index in [-0.39, 0.29) is 6.10 Å². The maximum atomic E-state index is 10.4. The van der Waals surface area contributed by atoms with Crippen LogP contribution in [-0.2, 0) is 0 Å². The third-order valence-corrected chi connectivity index (χ3v) is 4.97. The minimum atomic E-state index is -0.0950. The number of aliphatic hydroxyl groups is 1. The lowest BCUT2D eigenvalue weighted by molar-refractivity contribution is 0.0645. The normalized spacial score (nSPS) is 23.8. The minimum Gasteiger partial charge on any atom is -0.392 e. The third kappa shape index (κ3) is 5.07. The van der Waals surface area contributed by atoms with E-state index in [0.717, 1.165) is 31.5 Å². The van der Waals surface area contributed by atoms with Gasteiger partial charge in [0, 0.05) is 19.1 Å². The summed E-state index contributed by atoms with van der Waals surface area (Å²) in [4.78, 5) is 2.59. The van der Waals surface area contributed by atoms with Crippen molar-refractivity contribution in [1.82, 2.24) is 4.90 Å². The molecule has 0 aromatic rings. The molecule has 2 rings (SSSR count). The molecule has 0 aromatic heterocycles. The summed E-state index contributed by atoms with van der Waals surface area (Å²) in [6.07, 6.45) is 11.9. The van der Waals surface area contributed by atoms with Crippen LogP contribution in [0, 0.1) is 11.8 Å². The van der Waals surface area contributed by atoms with Crippen molar-refractivity contribution in [2.75, 3.05) is 13.1 Å². The summed E-state index contributed by atoms with van der Waals surface area (Å²) in [5, 5.41) is 10.4. The molecule has 112 valence electrons. The fourth-order valence-electron chi connectivity index (χ4n) is 4.09. The van der Waals surface area contributed by atoms with Crippen molar-refractivity contribution in [2.24, 2.45) is 11.8 Å². The Bertz CT molecular complexity index is 242. The molecule has 2 aliphatic carbocycles. The van der Waals surface area contributed by atoms with Gasteiger partial charge >= 0.3 is 0 Å². The molecule has 2 aliphatic rings. The first-order valence-corrected chi connectivity index (χ1v) is 8.57. The SMILES string of the molecule is CC(C)CN(CC(O)CC1CCCC1)C1CCCC1. The molecule has 1 N–H and O–H groups in total. The van der Waals surface area contributed by atoms with Gasteiger partial charge in [0.1, 0.15) is 0 Å². The number of aliphatic hydroxyl groups excluding tert-OH is 1. The van der Waals surface area contributed by atoms with Crippen LogP contribution in [-0.4, -0.2) is 35.2 Å². The standard InChI is InChI=1S/C17H33NO/c1-14(2)12-18(16-9-5-6-10-16)13-17(19)11-15-7-3-4-8-15/h14-17,19H,3-13H2,1-2H3. The lowest BCUT2D eigenvalue weighted by Gasteiger charge is -2.32. The average molecular weight is 267 g/mol. The third-order valence-electron chi connectivity index (χ3n) is 4.97. The van der Waals surface area contributed by atoms with Crippen LogP contribution in [0.5, 0.6) is 0 Å². The van der Waals surface area contributed by atoms with Gasteiger partial charge in [0.05, 0.1) is 6.10 Å². The summed E-state index contributed by atoms with van der Waals surface area (Å²) in [6, 6.07) is 0.751. The molecule has 0 spiro atoms. The van der Waals surface area contributed by atoms with Crippen LogP contribution in [0.1, 0.15) is 71.6 Å². The van der Waals surface area contributed by atoms with Crippen LogP contribution < -0.4 is 0 Å². The van der Waals surface area contributed by atoms with Crippen molar-refractivity contribution in [3.05, 3.63) is 0 Å². The largest absolute Gasteiger partial charge is 0.392 e. The molecule has 1 atom stereocenters. The molecule has 2 saturated carbocycles.